The minimum atomic E-state index is -1.09. The lowest BCUT2D eigenvalue weighted by atomic mass is 10.1. The fourth-order valence-electron chi connectivity index (χ4n) is 1.96. The maximum atomic E-state index is 12.2. The van der Waals surface area contributed by atoms with Crippen molar-refractivity contribution in [3.05, 3.63) is 29.6 Å². The Morgan fingerprint density at radius 1 is 1.35 bits per heavy atom. The van der Waals surface area contributed by atoms with E-state index in [1.807, 2.05) is 34.6 Å². The minimum absolute atomic E-state index is 0.0486. The molecule has 1 aromatic rings. The first kappa shape index (κ1) is 26.3. The number of aromatic nitrogens is 2. The zero-order valence-electron chi connectivity index (χ0n) is 17.0. The van der Waals surface area contributed by atoms with E-state index in [-0.39, 0.29) is 12.2 Å². The number of H-pyrrole nitrogens is 1. The molecule has 0 spiro atoms. The van der Waals surface area contributed by atoms with Crippen LogP contribution in [0.2, 0.25) is 0 Å². The highest BCUT2D eigenvalue weighted by Crippen LogP contribution is 2.15. The number of aromatic amines is 1. The van der Waals surface area contributed by atoms with Crippen molar-refractivity contribution in [1.29, 1.82) is 0 Å². The molecule has 0 aliphatic carbocycles. The van der Waals surface area contributed by atoms with Crippen LogP contribution in [0.15, 0.2) is 12.7 Å². The number of carbonyl (C=O) groups excluding carboxylic acids is 1. The second-order valence-corrected chi connectivity index (χ2v) is 4.82. The zero-order chi connectivity index (χ0) is 20.7. The van der Waals surface area contributed by atoms with Crippen molar-refractivity contribution in [2.24, 2.45) is 0 Å². The largest absolute Gasteiger partial charge is 0.391 e. The summed E-state index contributed by atoms with van der Waals surface area (Å²) in [6.07, 6.45) is 2.36. The SMILES string of the molecule is C=Cc1[nH]nc(C(=O)NCC(OC)C(O)C(C)O)c1/C=C\C.CC.CC. The highest BCUT2D eigenvalue weighted by Gasteiger charge is 2.25. The average molecular weight is 370 g/mol. The number of amides is 1. The van der Waals surface area contributed by atoms with Crippen molar-refractivity contribution in [2.45, 2.75) is 59.9 Å². The van der Waals surface area contributed by atoms with Gasteiger partial charge in [0.25, 0.3) is 5.91 Å². The fraction of sp³-hybridized carbons (Fsp3) is 0.579. The number of methoxy groups -OCH3 is 1. The first-order valence-corrected chi connectivity index (χ1v) is 8.96. The topological polar surface area (TPSA) is 107 Å². The third kappa shape index (κ3) is 7.95. The smallest absolute Gasteiger partial charge is 0.272 e. The first-order valence-electron chi connectivity index (χ1n) is 8.96. The highest BCUT2D eigenvalue weighted by molar-refractivity contribution is 5.97. The van der Waals surface area contributed by atoms with Gasteiger partial charge in [-0.15, -0.1) is 0 Å². The molecule has 26 heavy (non-hydrogen) atoms. The number of hydrogen-bond donors (Lipinski definition) is 4. The van der Waals surface area contributed by atoms with E-state index in [2.05, 4.69) is 22.1 Å². The van der Waals surface area contributed by atoms with Gasteiger partial charge in [0, 0.05) is 19.2 Å². The fourth-order valence-corrected chi connectivity index (χ4v) is 1.96. The standard InChI is InChI=1S/C15H23N3O4.2C2H6/c1-5-7-10-11(6-2)17-18-13(10)15(21)16-8-12(22-4)14(20)9(3)19;2*1-2/h5-7,9,12,14,19-20H,2,8H2,1,3-4H3,(H,16,21)(H,17,18);2*1-2H3/b7-5-;;. The van der Waals surface area contributed by atoms with Crippen LogP contribution in [0.3, 0.4) is 0 Å². The van der Waals surface area contributed by atoms with Gasteiger partial charge < -0.3 is 20.3 Å². The van der Waals surface area contributed by atoms with Gasteiger partial charge in [-0.2, -0.15) is 5.10 Å². The molecule has 3 unspecified atom stereocenters. The number of nitrogens with zero attached hydrogens (tertiary/aromatic N) is 1. The van der Waals surface area contributed by atoms with Gasteiger partial charge in [-0.1, -0.05) is 46.4 Å². The van der Waals surface area contributed by atoms with Gasteiger partial charge in [-0.3, -0.25) is 9.89 Å². The zero-order valence-corrected chi connectivity index (χ0v) is 17.0. The summed E-state index contributed by atoms with van der Waals surface area (Å²) in [5, 5.41) is 28.5. The monoisotopic (exact) mass is 369 g/mol. The van der Waals surface area contributed by atoms with Crippen molar-refractivity contribution >= 4 is 18.1 Å². The summed E-state index contributed by atoms with van der Waals surface area (Å²) >= 11 is 0. The summed E-state index contributed by atoms with van der Waals surface area (Å²) in [4.78, 5) is 12.2. The lowest BCUT2D eigenvalue weighted by Gasteiger charge is -2.23. The predicted molar refractivity (Wildman–Crippen MR) is 107 cm³/mol. The van der Waals surface area contributed by atoms with Gasteiger partial charge >= 0.3 is 0 Å². The maximum absolute atomic E-state index is 12.2. The second kappa shape index (κ2) is 15.3. The second-order valence-electron chi connectivity index (χ2n) is 4.82. The van der Waals surface area contributed by atoms with Crippen LogP contribution < -0.4 is 5.32 Å². The lowest BCUT2D eigenvalue weighted by Crippen LogP contribution is -2.44. The van der Waals surface area contributed by atoms with Crippen LogP contribution in [0, 0.1) is 0 Å². The number of aliphatic hydroxyl groups excluding tert-OH is 2. The number of carbonyl (C=O) groups is 1. The van der Waals surface area contributed by atoms with Crippen molar-refractivity contribution in [2.75, 3.05) is 13.7 Å². The Kier molecular flexibility index (Phi) is 15.5. The Hall–Kier alpha value is -1.96. The Morgan fingerprint density at radius 3 is 2.35 bits per heavy atom. The molecule has 3 atom stereocenters. The van der Waals surface area contributed by atoms with E-state index in [0.29, 0.717) is 11.3 Å². The molecule has 1 aromatic heterocycles. The number of aliphatic hydroxyl groups is 2. The van der Waals surface area contributed by atoms with Gasteiger partial charge in [0.1, 0.15) is 12.2 Å². The molecule has 7 nitrogen and oxygen atoms in total. The minimum Gasteiger partial charge on any atom is -0.391 e. The van der Waals surface area contributed by atoms with E-state index in [4.69, 9.17) is 4.74 Å². The van der Waals surface area contributed by atoms with Crippen LogP contribution >= 0.6 is 0 Å². The van der Waals surface area contributed by atoms with Crippen molar-refractivity contribution in [3.63, 3.8) is 0 Å². The Labute approximate surface area is 157 Å². The average Bonchev–Trinajstić information content (AvgIpc) is 3.08. The first-order chi connectivity index (χ1) is 12.5. The molecule has 7 heteroatoms. The summed E-state index contributed by atoms with van der Waals surface area (Å²) < 4.78 is 5.08. The van der Waals surface area contributed by atoms with Crippen LogP contribution in [0.1, 0.15) is 63.3 Å². The summed E-state index contributed by atoms with van der Waals surface area (Å²) in [7, 11) is 1.40. The summed E-state index contributed by atoms with van der Waals surface area (Å²) in [6, 6.07) is 0. The molecule has 1 rings (SSSR count). The summed E-state index contributed by atoms with van der Waals surface area (Å²) in [5.74, 6) is -0.405. The number of nitrogens with one attached hydrogen (secondary N) is 2. The van der Waals surface area contributed by atoms with Gasteiger partial charge in [-0.25, -0.2) is 0 Å². The maximum Gasteiger partial charge on any atom is 0.272 e. The van der Waals surface area contributed by atoms with E-state index >= 15 is 0 Å². The van der Waals surface area contributed by atoms with Gasteiger partial charge in [-0.05, 0) is 19.9 Å². The molecule has 4 N–H and O–H groups in total. The third-order valence-corrected chi connectivity index (χ3v) is 3.23. The molecule has 0 aliphatic rings. The molecular formula is C19H35N3O4. The van der Waals surface area contributed by atoms with Crippen molar-refractivity contribution in [3.8, 4) is 0 Å². The molecule has 0 saturated carbocycles. The molecule has 1 heterocycles. The Balaban J connectivity index is 0. The number of rotatable bonds is 8. The molecule has 0 aromatic carbocycles. The van der Waals surface area contributed by atoms with E-state index < -0.39 is 24.2 Å². The van der Waals surface area contributed by atoms with E-state index in [9.17, 15) is 15.0 Å². The van der Waals surface area contributed by atoms with Crippen molar-refractivity contribution < 1.29 is 19.7 Å². The lowest BCUT2D eigenvalue weighted by molar-refractivity contribution is -0.0669. The summed E-state index contributed by atoms with van der Waals surface area (Å²) in [6.45, 7) is 15.0. The van der Waals surface area contributed by atoms with Crippen LogP contribution in [-0.4, -0.2) is 58.3 Å². The quantitative estimate of drug-likeness (QED) is 0.563. The molecule has 0 aliphatic heterocycles. The normalized spacial score (nSPS) is 13.6. The van der Waals surface area contributed by atoms with Gasteiger partial charge in [0.2, 0.25) is 0 Å². The van der Waals surface area contributed by atoms with Crippen LogP contribution in [0.25, 0.3) is 12.2 Å². The molecule has 0 fully saturated rings. The molecular weight excluding hydrogens is 334 g/mol. The Morgan fingerprint density at radius 2 is 1.92 bits per heavy atom. The van der Waals surface area contributed by atoms with Gasteiger partial charge in [0.15, 0.2) is 5.69 Å². The molecule has 150 valence electrons. The molecule has 0 radical (unpaired) electrons. The molecule has 0 bridgehead atoms. The number of hydrogen-bond acceptors (Lipinski definition) is 5. The van der Waals surface area contributed by atoms with E-state index in [0.717, 1.165) is 0 Å². The van der Waals surface area contributed by atoms with Crippen LogP contribution in [-0.2, 0) is 4.74 Å². The molecule has 0 saturated heterocycles. The predicted octanol–water partition coefficient (Wildman–Crippen LogP) is 2.62. The van der Waals surface area contributed by atoms with E-state index in [1.54, 1.807) is 18.2 Å². The third-order valence-electron chi connectivity index (χ3n) is 3.23. The van der Waals surface area contributed by atoms with Crippen molar-refractivity contribution in [1.82, 2.24) is 15.5 Å². The van der Waals surface area contributed by atoms with Gasteiger partial charge in [0.05, 0.1) is 11.8 Å². The van der Waals surface area contributed by atoms with E-state index in [1.165, 1.54) is 14.0 Å². The highest BCUT2D eigenvalue weighted by atomic mass is 16.5. The summed E-state index contributed by atoms with van der Waals surface area (Å²) in [5.41, 5.74) is 1.52. The number of ether oxygens (including phenoxy) is 1. The van der Waals surface area contributed by atoms with Crippen LogP contribution in [0.4, 0.5) is 0 Å². The van der Waals surface area contributed by atoms with Crippen LogP contribution in [0.5, 0.6) is 0 Å². The Bertz CT molecular complexity index is 539. The molecule has 1 amide bonds. The number of allylic oxidation sites excluding steroid dienone is 1.